The molecule has 0 bridgehead atoms. The molecule has 0 radical (unpaired) electrons. The maximum Gasteiger partial charge on any atom is 0.249 e. The SMILES string of the molecule is CC(=O)N[C@H](C(=O)N[C@@H](CCCCN)C(=O)N1CCC[C@H]1C(=O)N[C@@H](CCCN=C(N)N)C(=O)NCC(=O)NCC(=O)N(C(=O)CNC(=O)CNC(=O)[C@H](CCCN=C(N)N)NC(=O)[C@@H]1CCCN1C(=O)[C@H](CCCCN)NC(=O)[C@@H](NC(C)=O)[C@@H](C)O)[C@@H](CCCCN)C(=O)NCCCC[C@H](N)C(=O)NCC(=O)N[C@@H](CS)C(N)=O)[C@@H](C)O. The van der Waals surface area contributed by atoms with Gasteiger partial charge in [0.2, 0.25) is 106 Å². The monoisotopic (exact) mass is 1710 g/mol. The Morgan fingerprint density at radius 2 is 0.815 bits per heavy atom. The van der Waals surface area contributed by atoms with Gasteiger partial charge in [0.05, 0.1) is 51.0 Å². The average Bonchev–Trinajstić information content (AvgIpc) is 1.75. The maximum atomic E-state index is 14.6. The van der Waals surface area contributed by atoms with E-state index in [9.17, 15) is 96.5 Å². The third-order valence-electron chi connectivity index (χ3n) is 18.9. The van der Waals surface area contributed by atoms with Gasteiger partial charge in [0.15, 0.2) is 11.9 Å². The van der Waals surface area contributed by atoms with Gasteiger partial charge in [0, 0.05) is 52.3 Å². The van der Waals surface area contributed by atoms with Crippen LogP contribution in [0.25, 0.3) is 0 Å². The van der Waals surface area contributed by atoms with Gasteiger partial charge in [-0.1, -0.05) is 0 Å². The van der Waals surface area contributed by atoms with Gasteiger partial charge < -0.3 is 141 Å². The number of aliphatic hydroxyl groups excluding tert-OH is 2. The van der Waals surface area contributed by atoms with Crippen molar-refractivity contribution in [2.45, 2.75) is 235 Å². The standard InChI is InChI=1S/C71H127N27O20S/c1-39(99)57(89-41(3)101)66(115)94-46(18-5-9-25-72)68(117)96-31-15-23-49(96)64(113)92-44(20-13-29-82-70(77)78)61(110)87-33-52(103)84-36-55(106)98(51(22-7-11-27-74)63(112)81-28-12-8-17-43(75)60(109)86-35-54(105)91-48(38-119)59(76)108)56(107)37-85-53(104)34-88-62(111)45(21-14-30-83-71(79)80)93-65(114)50-24-16-32-97(50)69(118)47(19-6-10-26-73)95-67(116)58(40(2)100)90-42(4)102/h39-40,43-51,57-58,99-100,119H,5-38,72-75H2,1-4H3,(H2,76,108)(H,81,112)(H,84,103)(H,85,104)(H,86,109)(H,87,110)(H,88,111)(H,89,101)(H,90,102)(H,91,105)(H,92,113)(H,93,114)(H,94,115)(H,95,116)(H4,77,78,82)(H4,79,80,83)/t39-,40-,43+,44+,45+,46+,47+,48+,49+,50+,51+,57+,58+/m1/s1. The van der Waals surface area contributed by atoms with Gasteiger partial charge >= 0.3 is 0 Å². The number of thiol groups is 1. The highest BCUT2D eigenvalue weighted by atomic mass is 32.1. The van der Waals surface area contributed by atoms with Crippen molar-refractivity contribution < 1.29 is 96.5 Å². The number of carbonyl (C=O) groups excluding carboxylic acids is 18. The second-order valence-electron chi connectivity index (χ2n) is 28.7. The highest BCUT2D eigenvalue weighted by Crippen LogP contribution is 2.23. The predicted octanol–water partition coefficient (Wildman–Crippen LogP) is -12.0. The summed E-state index contributed by atoms with van der Waals surface area (Å²) >= 11 is 3.96. The lowest BCUT2D eigenvalue weighted by Crippen LogP contribution is -2.59. The zero-order valence-corrected chi connectivity index (χ0v) is 69.1. The molecule has 47 nitrogen and oxygen atoms in total. The van der Waals surface area contributed by atoms with Crippen LogP contribution in [-0.2, 0) is 86.3 Å². The Balaban J connectivity index is 2.51. The molecule has 2 heterocycles. The first-order valence-electron chi connectivity index (χ1n) is 39.7. The van der Waals surface area contributed by atoms with Crippen LogP contribution in [0.5, 0.6) is 0 Å². The Morgan fingerprint density at radius 3 is 1.19 bits per heavy atom. The number of aliphatic hydroxyl groups is 2. The molecule has 0 aromatic heterocycles. The van der Waals surface area contributed by atoms with Gasteiger partial charge in [0.1, 0.15) is 60.4 Å². The molecular formula is C71H127N27O20S. The number of nitrogens with one attached hydrogen (secondary N) is 13. The van der Waals surface area contributed by atoms with Crippen LogP contribution in [0.4, 0.5) is 0 Å². The molecular weight excluding hydrogens is 1580 g/mol. The summed E-state index contributed by atoms with van der Waals surface area (Å²) in [7, 11) is 0. The van der Waals surface area contributed by atoms with E-state index in [0.29, 0.717) is 43.4 Å². The molecule has 0 saturated carbocycles. The van der Waals surface area contributed by atoms with E-state index >= 15 is 0 Å². The molecule has 0 aliphatic carbocycles. The molecule has 0 aromatic carbocycles. The number of amides is 18. The van der Waals surface area contributed by atoms with E-state index in [2.05, 4.69) is 91.7 Å². The van der Waals surface area contributed by atoms with Gasteiger partial charge in [0.25, 0.3) is 0 Å². The number of hydrogen-bond acceptors (Lipinski definition) is 27. The Labute approximate surface area is 695 Å². The molecule has 2 aliphatic rings. The predicted molar refractivity (Wildman–Crippen MR) is 435 cm³/mol. The van der Waals surface area contributed by atoms with Gasteiger partial charge in [-0.25, -0.2) is 0 Å². The fourth-order valence-corrected chi connectivity index (χ4v) is 12.9. The van der Waals surface area contributed by atoms with Crippen molar-refractivity contribution in [2.75, 3.05) is 90.8 Å². The Hall–Kier alpha value is -10.7. The summed E-state index contributed by atoms with van der Waals surface area (Å²) in [6, 6.07) is -14.6. The van der Waals surface area contributed by atoms with E-state index in [1.807, 2.05) is 0 Å². The van der Waals surface area contributed by atoms with E-state index in [1.54, 1.807) is 0 Å². The Bertz CT molecular complexity index is 3310. The highest BCUT2D eigenvalue weighted by molar-refractivity contribution is 7.80. The molecule has 0 spiro atoms. The third kappa shape index (κ3) is 39.6. The number of rotatable bonds is 57. The van der Waals surface area contributed by atoms with E-state index in [0.717, 1.165) is 13.8 Å². The summed E-state index contributed by atoms with van der Waals surface area (Å²) in [6.45, 7) is 0.865. The van der Waals surface area contributed by atoms with Crippen molar-refractivity contribution >= 4 is 131 Å². The minimum Gasteiger partial charge on any atom is -0.391 e. The minimum atomic E-state index is -1.69. The maximum absolute atomic E-state index is 14.6. The lowest BCUT2D eigenvalue weighted by Gasteiger charge is -2.31. The Morgan fingerprint density at radius 1 is 0.429 bits per heavy atom. The van der Waals surface area contributed by atoms with Crippen molar-refractivity contribution in [2.24, 2.45) is 61.6 Å². The number of nitrogens with zero attached hydrogens (tertiary/aromatic N) is 5. The van der Waals surface area contributed by atoms with Crippen LogP contribution in [0.3, 0.4) is 0 Å². The fraction of sp³-hybridized carbons (Fsp3) is 0.718. The van der Waals surface area contributed by atoms with Crippen LogP contribution in [0.2, 0.25) is 0 Å². The molecule has 18 amide bonds. The van der Waals surface area contributed by atoms with Crippen LogP contribution in [0.1, 0.15) is 156 Å². The summed E-state index contributed by atoms with van der Waals surface area (Å²) < 4.78 is 0. The van der Waals surface area contributed by atoms with E-state index in [-0.39, 0.29) is 160 Å². The van der Waals surface area contributed by atoms with Crippen molar-refractivity contribution in [1.29, 1.82) is 0 Å². The van der Waals surface area contributed by atoms with E-state index in [4.69, 9.17) is 51.6 Å². The normalized spacial score (nSPS) is 16.3. The molecule has 2 rings (SSSR count). The van der Waals surface area contributed by atoms with Crippen LogP contribution < -0.4 is 121 Å². The van der Waals surface area contributed by atoms with Crippen LogP contribution in [0.15, 0.2) is 9.98 Å². The smallest absolute Gasteiger partial charge is 0.249 e. The number of carbonyl (C=O) groups is 18. The van der Waals surface area contributed by atoms with Crippen LogP contribution in [-0.4, -0.2) is 313 Å². The van der Waals surface area contributed by atoms with Gasteiger partial charge in [-0.05, 0) is 162 Å². The molecule has 119 heavy (non-hydrogen) atoms. The van der Waals surface area contributed by atoms with Crippen LogP contribution in [0, 0.1) is 0 Å². The number of guanidine groups is 2. The molecule has 2 saturated heterocycles. The number of aliphatic imine (C=N–C) groups is 2. The summed E-state index contributed by atoms with van der Waals surface area (Å²) in [5.74, 6) is -16.4. The molecule has 672 valence electrons. The summed E-state index contributed by atoms with van der Waals surface area (Å²) in [4.78, 5) is 254. The van der Waals surface area contributed by atoms with Gasteiger partial charge in [-0.2, -0.15) is 12.6 Å². The molecule has 13 atom stereocenters. The number of primary amides is 1. The van der Waals surface area contributed by atoms with E-state index < -0.39 is 218 Å². The average molecular weight is 1710 g/mol. The lowest BCUT2D eigenvalue weighted by atomic mass is 10.0. The minimum absolute atomic E-state index is 0.0232. The topological polar surface area (TPSA) is 773 Å². The first-order valence-corrected chi connectivity index (χ1v) is 40.4. The van der Waals surface area contributed by atoms with Crippen molar-refractivity contribution in [3.63, 3.8) is 0 Å². The first-order chi connectivity index (χ1) is 56.3. The first kappa shape index (κ1) is 104. The summed E-state index contributed by atoms with van der Waals surface area (Å²) in [6.07, 6.45) is 0.125. The van der Waals surface area contributed by atoms with Crippen molar-refractivity contribution in [3.05, 3.63) is 0 Å². The molecule has 48 heteroatoms. The van der Waals surface area contributed by atoms with Crippen molar-refractivity contribution in [1.82, 2.24) is 83.8 Å². The number of hydrogen-bond donors (Lipinski definition) is 25. The zero-order chi connectivity index (χ0) is 89.4. The summed E-state index contributed by atoms with van der Waals surface area (Å²) in [5, 5.41) is 52.4. The summed E-state index contributed by atoms with van der Waals surface area (Å²) in [5.41, 5.74) is 50.7. The highest BCUT2D eigenvalue weighted by Gasteiger charge is 2.43. The largest absolute Gasteiger partial charge is 0.391 e. The fourth-order valence-electron chi connectivity index (χ4n) is 12.6. The molecule has 2 fully saturated rings. The molecule has 2 aliphatic heterocycles. The second kappa shape index (κ2) is 56.7. The lowest BCUT2D eigenvalue weighted by molar-refractivity contribution is -0.152. The second-order valence-corrected chi connectivity index (χ2v) is 29.1. The molecule has 0 unspecified atom stereocenters. The zero-order valence-electron chi connectivity index (χ0n) is 68.2. The number of unbranched alkanes of at least 4 members (excludes halogenated alkanes) is 4. The van der Waals surface area contributed by atoms with Crippen LogP contribution >= 0.6 is 12.6 Å². The number of nitrogens with two attached hydrogens (primary N) is 9. The number of imide groups is 1. The van der Waals surface area contributed by atoms with Gasteiger partial charge in [-0.15, -0.1) is 0 Å². The van der Waals surface area contributed by atoms with Crippen molar-refractivity contribution in [3.8, 4) is 0 Å². The Kier molecular flexibility index (Phi) is 49.7. The quantitative estimate of drug-likeness (QED) is 0.0116. The molecule has 0 aromatic rings. The van der Waals surface area contributed by atoms with E-state index in [1.165, 1.54) is 23.6 Å². The number of likely N-dealkylation sites (tertiary alicyclic amines) is 2. The molecule has 33 N–H and O–H groups in total. The van der Waals surface area contributed by atoms with Gasteiger partial charge in [-0.3, -0.25) is 101 Å². The third-order valence-corrected chi connectivity index (χ3v) is 19.2.